The normalized spacial score (nSPS) is 20.1. The summed E-state index contributed by atoms with van der Waals surface area (Å²) in [5.41, 5.74) is 9.76. The molecule has 2 aliphatic rings. The van der Waals surface area contributed by atoms with Gasteiger partial charge < -0.3 is 10.3 Å². The van der Waals surface area contributed by atoms with Gasteiger partial charge in [-0.25, -0.2) is 0 Å². The SMILES string of the molecule is NC1(c2noc(-c3ccc4c(c3)CCC4)n2)CCC1. The average Bonchev–Trinajstić information content (AvgIpc) is 3.03. The van der Waals surface area contributed by atoms with Gasteiger partial charge in [-0.15, -0.1) is 0 Å². The molecule has 2 aliphatic carbocycles. The van der Waals surface area contributed by atoms with E-state index in [2.05, 4.69) is 28.3 Å². The van der Waals surface area contributed by atoms with Crippen LogP contribution in [-0.2, 0) is 18.4 Å². The van der Waals surface area contributed by atoms with E-state index in [4.69, 9.17) is 10.3 Å². The number of rotatable bonds is 2. The summed E-state index contributed by atoms with van der Waals surface area (Å²) in [6.45, 7) is 0. The van der Waals surface area contributed by atoms with E-state index >= 15 is 0 Å². The summed E-state index contributed by atoms with van der Waals surface area (Å²) < 4.78 is 5.39. The van der Waals surface area contributed by atoms with Crippen molar-refractivity contribution in [2.45, 2.75) is 44.1 Å². The number of nitrogens with two attached hydrogens (primary N) is 1. The van der Waals surface area contributed by atoms with Crippen molar-refractivity contribution in [1.82, 2.24) is 10.1 Å². The van der Waals surface area contributed by atoms with E-state index in [0.717, 1.165) is 31.2 Å². The highest BCUT2D eigenvalue weighted by molar-refractivity contribution is 5.56. The molecular weight excluding hydrogens is 238 g/mol. The van der Waals surface area contributed by atoms with Crippen molar-refractivity contribution in [3.8, 4) is 11.5 Å². The predicted octanol–water partition coefficient (Wildman–Crippen LogP) is 2.56. The minimum atomic E-state index is -0.349. The van der Waals surface area contributed by atoms with Gasteiger partial charge in [0, 0.05) is 5.56 Å². The molecule has 0 saturated heterocycles. The maximum absolute atomic E-state index is 6.22. The maximum Gasteiger partial charge on any atom is 0.258 e. The predicted molar refractivity (Wildman–Crippen MR) is 71.5 cm³/mol. The first-order valence-corrected chi connectivity index (χ1v) is 7.00. The minimum absolute atomic E-state index is 0.349. The van der Waals surface area contributed by atoms with Crippen molar-refractivity contribution in [3.05, 3.63) is 35.2 Å². The monoisotopic (exact) mass is 255 g/mol. The molecule has 0 bridgehead atoms. The Bertz CT molecular complexity index is 628. The van der Waals surface area contributed by atoms with Gasteiger partial charge in [-0.05, 0) is 61.8 Å². The zero-order valence-corrected chi connectivity index (χ0v) is 10.9. The standard InChI is InChI=1S/C15H17N3O/c16-15(7-2-8-15)14-17-13(19-18-14)12-6-5-10-3-1-4-11(10)9-12/h5-6,9H,1-4,7-8,16H2. The lowest BCUT2D eigenvalue weighted by Gasteiger charge is -2.34. The van der Waals surface area contributed by atoms with Crippen LogP contribution < -0.4 is 5.73 Å². The third kappa shape index (κ3) is 1.70. The molecule has 1 heterocycles. The zero-order valence-electron chi connectivity index (χ0n) is 10.9. The highest BCUT2D eigenvalue weighted by Crippen LogP contribution is 2.38. The molecule has 4 rings (SSSR count). The molecule has 2 N–H and O–H groups in total. The molecule has 4 heteroatoms. The van der Waals surface area contributed by atoms with Crippen LogP contribution in [-0.4, -0.2) is 10.1 Å². The van der Waals surface area contributed by atoms with E-state index < -0.39 is 0 Å². The fourth-order valence-corrected chi connectivity index (χ4v) is 3.03. The molecule has 0 aliphatic heterocycles. The number of aryl methyl sites for hydroxylation is 2. The second-order valence-corrected chi connectivity index (χ2v) is 5.77. The number of hydrogen-bond acceptors (Lipinski definition) is 4. The van der Waals surface area contributed by atoms with E-state index in [1.165, 1.54) is 24.0 Å². The molecule has 1 saturated carbocycles. The van der Waals surface area contributed by atoms with Gasteiger partial charge in [0.2, 0.25) is 0 Å². The Morgan fingerprint density at radius 1 is 1.11 bits per heavy atom. The molecule has 2 aromatic rings. The van der Waals surface area contributed by atoms with E-state index in [0.29, 0.717) is 11.7 Å². The molecule has 1 fully saturated rings. The minimum Gasteiger partial charge on any atom is -0.334 e. The van der Waals surface area contributed by atoms with Gasteiger partial charge in [0.25, 0.3) is 5.89 Å². The van der Waals surface area contributed by atoms with Crippen LogP contribution in [0.1, 0.15) is 42.6 Å². The van der Waals surface area contributed by atoms with Crippen LogP contribution in [0.3, 0.4) is 0 Å². The molecule has 1 aromatic heterocycles. The van der Waals surface area contributed by atoms with Crippen LogP contribution in [0.2, 0.25) is 0 Å². The van der Waals surface area contributed by atoms with E-state index in [9.17, 15) is 0 Å². The largest absolute Gasteiger partial charge is 0.334 e. The molecule has 0 spiro atoms. The average molecular weight is 255 g/mol. The molecule has 4 nitrogen and oxygen atoms in total. The lowest BCUT2D eigenvalue weighted by Crippen LogP contribution is -2.44. The first-order chi connectivity index (χ1) is 9.24. The van der Waals surface area contributed by atoms with E-state index in [-0.39, 0.29) is 5.54 Å². The van der Waals surface area contributed by atoms with Crippen molar-refractivity contribution in [2.24, 2.45) is 5.73 Å². The summed E-state index contributed by atoms with van der Waals surface area (Å²) in [5, 5.41) is 4.07. The Kier molecular flexibility index (Phi) is 2.30. The Morgan fingerprint density at radius 2 is 1.95 bits per heavy atom. The van der Waals surface area contributed by atoms with Crippen LogP contribution >= 0.6 is 0 Å². The van der Waals surface area contributed by atoms with Gasteiger partial charge >= 0.3 is 0 Å². The number of aromatic nitrogens is 2. The van der Waals surface area contributed by atoms with Crippen LogP contribution in [0.15, 0.2) is 22.7 Å². The second kappa shape index (κ2) is 3.90. The Hall–Kier alpha value is -1.68. The van der Waals surface area contributed by atoms with Crippen LogP contribution in [0, 0.1) is 0 Å². The van der Waals surface area contributed by atoms with Gasteiger partial charge in [0.15, 0.2) is 5.82 Å². The number of benzene rings is 1. The molecule has 19 heavy (non-hydrogen) atoms. The quantitative estimate of drug-likeness (QED) is 0.895. The molecule has 98 valence electrons. The molecular formula is C15H17N3O. The second-order valence-electron chi connectivity index (χ2n) is 5.77. The lowest BCUT2D eigenvalue weighted by atomic mass is 9.77. The van der Waals surface area contributed by atoms with Gasteiger partial charge in [-0.2, -0.15) is 4.98 Å². The van der Waals surface area contributed by atoms with Gasteiger partial charge in [0.05, 0.1) is 5.54 Å². The highest BCUT2D eigenvalue weighted by atomic mass is 16.5. The third-order valence-electron chi connectivity index (χ3n) is 4.46. The molecule has 0 unspecified atom stereocenters. The van der Waals surface area contributed by atoms with Crippen molar-refractivity contribution < 1.29 is 4.52 Å². The van der Waals surface area contributed by atoms with E-state index in [1.807, 2.05) is 0 Å². The first-order valence-electron chi connectivity index (χ1n) is 7.00. The van der Waals surface area contributed by atoms with Crippen molar-refractivity contribution in [2.75, 3.05) is 0 Å². The van der Waals surface area contributed by atoms with Crippen LogP contribution in [0.5, 0.6) is 0 Å². The number of fused-ring (bicyclic) bond motifs is 1. The summed E-state index contributed by atoms with van der Waals surface area (Å²) in [5.74, 6) is 1.26. The number of hydrogen-bond donors (Lipinski definition) is 1. The van der Waals surface area contributed by atoms with Gasteiger partial charge in [-0.3, -0.25) is 0 Å². The van der Waals surface area contributed by atoms with Crippen molar-refractivity contribution in [3.63, 3.8) is 0 Å². The Balaban J connectivity index is 1.69. The van der Waals surface area contributed by atoms with Crippen molar-refractivity contribution >= 4 is 0 Å². The Labute approximate surface area is 112 Å². The number of nitrogens with zero attached hydrogens (tertiary/aromatic N) is 2. The van der Waals surface area contributed by atoms with Gasteiger partial charge in [0.1, 0.15) is 0 Å². The third-order valence-corrected chi connectivity index (χ3v) is 4.46. The maximum atomic E-state index is 6.22. The van der Waals surface area contributed by atoms with Crippen molar-refractivity contribution in [1.29, 1.82) is 0 Å². The lowest BCUT2D eigenvalue weighted by molar-refractivity contribution is 0.229. The summed E-state index contributed by atoms with van der Waals surface area (Å²) >= 11 is 0. The summed E-state index contributed by atoms with van der Waals surface area (Å²) in [4.78, 5) is 4.50. The van der Waals surface area contributed by atoms with Crippen LogP contribution in [0.4, 0.5) is 0 Å². The molecule has 0 amide bonds. The highest BCUT2D eigenvalue weighted by Gasteiger charge is 2.39. The van der Waals surface area contributed by atoms with Crippen LogP contribution in [0.25, 0.3) is 11.5 Å². The Morgan fingerprint density at radius 3 is 2.74 bits per heavy atom. The topological polar surface area (TPSA) is 64.9 Å². The summed E-state index contributed by atoms with van der Waals surface area (Å²) in [6, 6.07) is 6.44. The molecule has 0 radical (unpaired) electrons. The molecule has 0 atom stereocenters. The van der Waals surface area contributed by atoms with E-state index in [1.54, 1.807) is 0 Å². The molecule has 1 aromatic carbocycles. The first kappa shape index (κ1) is 11.2. The summed E-state index contributed by atoms with van der Waals surface area (Å²) in [6.07, 6.45) is 6.66. The zero-order chi connectivity index (χ0) is 12.9. The smallest absolute Gasteiger partial charge is 0.258 e. The fraction of sp³-hybridized carbons (Fsp3) is 0.467. The van der Waals surface area contributed by atoms with Gasteiger partial charge in [-0.1, -0.05) is 11.2 Å². The summed E-state index contributed by atoms with van der Waals surface area (Å²) in [7, 11) is 0. The fourth-order valence-electron chi connectivity index (χ4n) is 3.03.